The molecule has 0 aromatic carbocycles. The molecule has 0 rings (SSSR count). The first-order valence-electron chi connectivity index (χ1n) is 0. The van der Waals surface area contributed by atoms with Gasteiger partial charge in [0.1, 0.15) is 0 Å². The van der Waals surface area contributed by atoms with Crippen LogP contribution in [-0.4, -0.2) is 0 Å². The Balaban J connectivity index is 0. The molecule has 2 nitrogen and oxygen atoms in total. The fourth-order valence-electron chi connectivity index (χ4n) is 0. The zero-order valence-electron chi connectivity index (χ0n) is 1.64. The van der Waals surface area contributed by atoms with E-state index in [1.807, 2.05) is 0 Å². The zero-order chi connectivity index (χ0) is 0. The molecular weight excluding hydrogens is 268 g/mol. The van der Waals surface area contributed by atoms with E-state index in [1.54, 1.807) is 0 Å². The van der Waals surface area contributed by atoms with Crippen LogP contribution in [-0.2, 0) is 50.4 Å². The molecule has 0 aliphatic carbocycles. The van der Waals surface area contributed by atoms with Crippen molar-refractivity contribution in [2.75, 3.05) is 0 Å². The second-order valence-corrected chi connectivity index (χ2v) is 0. The molecular formula is MnO2Ta+3. The fourth-order valence-corrected chi connectivity index (χ4v) is 0. The van der Waals surface area contributed by atoms with E-state index >= 15 is 0 Å². The molecule has 0 aliphatic rings. The Morgan fingerprint density at radius 3 is 0.750 bits per heavy atom. The van der Waals surface area contributed by atoms with E-state index in [0.717, 1.165) is 0 Å². The van der Waals surface area contributed by atoms with Gasteiger partial charge in [-0.2, -0.15) is 0 Å². The molecule has 4 heteroatoms. The van der Waals surface area contributed by atoms with E-state index < -0.39 is 0 Å². The molecule has 0 saturated carbocycles. The van der Waals surface area contributed by atoms with Gasteiger partial charge in [-0.05, 0) is 0 Å². The van der Waals surface area contributed by atoms with Crippen molar-refractivity contribution in [3.8, 4) is 0 Å². The first-order valence-corrected chi connectivity index (χ1v) is 0. The minimum Gasteiger partial charge on any atom is -2.00 e. The Morgan fingerprint density at radius 1 is 0.750 bits per heavy atom. The summed E-state index contributed by atoms with van der Waals surface area (Å²) in [6.07, 6.45) is 0. The molecule has 0 bridgehead atoms. The van der Waals surface area contributed by atoms with Crippen LogP contribution in [0.25, 0.3) is 0 Å². The molecule has 0 heterocycles. The molecule has 1 radical (unpaired) electrons. The zero-order valence-corrected chi connectivity index (χ0v) is 6.04. The Kier molecular flexibility index (Phi) is 494. The maximum Gasteiger partial charge on any atom is 5.00 e. The van der Waals surface area contributed by atoms with Crippen LogP contribution in [0.5, 0.6) is 0 Å². The van der Waals surface area contributed by atoms with Crippen LogP contribution in [0.2, 0.25) is 0 Å². The van der Waals surface area contributed by atoms with Crippen molar-refractivity contribution in [1.82, 2.24) is 0 Å². The minimum atomic E-state index is 0. The quantitative estimate of drug-likeness (QED) is 0.544. The predicted molar refractivity (Wildman–Crippen MR) is 1.37 cm³/mol. The molecule has 0 aromatic rings. The summed E-state index contributed by atoms with van der Waals surface area (Å²) in [5, 5.41) is 0. The summed E-state index contributed by atoms with van der Waals surface area (Å²) >= 11 is 0. The van der Waals surface area contributed by atoms with Crippen molar-refractivity contribution < 1.29 is 50.4 Å². The van der Waals surface area contributed by atoms with Crippen LogP contribution in [0.15, 0.2) is 0 Å². The monoisotopic (exact) mass is 268 g/mol. The van der Waals surface area contributed by atoms with Gasteiger partial charge in [-0.3, -0.25) is 0 Å². The van der Waals surface area contributed by atoms with Crippen molar-refractivity contribution in [2.24, 2.45) is 0 Å². The van der Waals surface area contributed by atoms with Gasteiger partial charge in [0.15, 0.2) is 0 Å². The molecule has 0 spiro atoms. The first kappa shape index (κ1) is 65.0. The fraction of sp³-hybridized carbons (Fsp3) is 0. The van der Waals surface area contributed by atoms with E-state index in [2.05, 4.69) is 0 Å². The summed E-state index contributed by atoms with van der Waals surface area (Å²) in [7, 11) is 0. The first-order chi connectivity index (χ1) is 0. The van der Waals surface area contributed by atoms with Crippen molar-refractivity contribution in [2.45, 2.75) is 0 Å². The minimum absolute atomic E-state index is 0. The Bertz CT molecular complexity index is 6.00. The predicted octanol–water partition coefficient (Wildman–Crippen LogP) is -0.243. The van der Waals surface area contributed by atoms with Crippen molar-refractivity contribution in [3.63, 3.8) is 0 Å². The standard InChI is InChI=1S/Mn.2O.Ta/q+2;2*-2;+5. The molecule has 0 atom stereocenters. The third kappa shape index (κ3) is 10.9. The smallest absolute Gasteiger partial charge is 2.00 e. The molecule has 0 aliphatic heterocycles. The SMILES string of the molecule is [Mn+2].[O-2].[O-2].[Ta+5]. The van der Waals surface area contributed by atoms with Crippen molar-refractivity contribution in [1.29, 1.82) is 0 Å². The maximum atomic E-state index is 0. The molecule has 4 heavy (non-hydrogen) atoms. The van der Waals surface area contributed by atoms with Crippen molar-refractivity contribution in [3.05, 3.63) is 0 Å². The summed E-state index contributed by atoms with van der Waals surface area (Å²) in [4.78, 5) is 0. The summed E-state index contributed by atoms with van der Waals surface area (Å²) in [6.45, 7) is 0. The van der Waals surface area contributed by atoms with Crippen LogP contribution in [0.1, 0.15) is 0 Å². The van der Waals surface area contributed by atoms with Gasteiger partial charge in [0.2, 0.25) is 0 Å². The second-order valence-electron chi connectivity index (χ2n) is 0. The summed E-state index contributed by atoms with van der Waals surface area (Å²) < 4.78 is 0. The van der Waals surface area contributed by atoms with E-state index in [0.29, 0.717) is 0 Å². The van der Waals surface area contributed by atoms with Crippen LogP contribution < -0.4 is 0 Å². The largest absolute Gasteiger partial charge is 5.00 e. The molecule has 0 unspecified atom stereocenters. The topological polar surface area (TPSA) is 57.0 Å². The Labute approximate surface area is 50.6 Å². The molecule has 0 aromatic heterocycles. The average Bonchev–Trinajstić information content (AvgIpc) is 0. The van der Waals surface area contributed by atoms with Gasteiger partial charge in [-0.25, -0.2) is 0 Å². The molecule has 21 valence electrons. The van der Waals surface area contributed by atoms with Gasteiger partial charge in [-0.15, -0.1) is 0 Å². The number of hydrogen-bond acceptors (Lipinski definition) is 0. The Hall–Kier alpha value is 1.18. The third-order valence-electron chi connectivity index (χ3n) is 0. The van der Waals surface area contributed by atoms with Gasteiger partial charge < -0.3 is 11.0 Å². The van der Waals surface area contributed by atoms with E-state index in [-0.39, 0.29) is 50.4 Å². The van der Waals surface area contributed by atoms with E-state index in [1.165, 1.54) is 0 Å². The van der Waals surface area contributed by atoms with Gasteiger partial charge in [0, 0.05) is 0 Å². The maximum absolute atomic E-state index is 0. The van der Waals surface area contributed by atoms with Crippen LogP contribution in [0, 0.1) is 0 Å². The number of rotatable bonds is 0. The normalized spacial score (nSPS) is 0. The summed E-state index contributed by atoms with van der Waals surface area (Å²) in [6, 6.07) is 0. The van der Waals surface area contributed by atoms with Crippen molar-refractivity contribution >= 4 is 0 Å². The third-order valence-corrected chi connectivity index (χ3v) is 0. The summed E-state index contributed by atoms with van der Waals surface area (Å²) in [5.41, 5.74) is 0. The summed E-state index contributed by atoms with van der Waals surface area (Å²) in [5.74, 6) is 0. The average molecular weight is 268 g/mol. The molecule has 0 saturated heterocycles. The molecule has 0 N–H and O–H groups in total. The molecule has 0 amide bonds. The van der Waals surface area contributed by atoms with Gasteiger partial charge in [-0.1, -0.05) is 0 Å². The number of hydrogen-bond donors (Lipinski definition) is 0. The second kappa shape index (κ2) is 30.4. The van der Waals surface area contributed by atoms with E-state index in [9.17, 15) is 0 Å². The van der Waals surface area contributed by atoms with Crippen LogP contribution >= 0.6 is 0 Å². The molecule has 0 fully saturated rings. The van der Waals surface area contributed by atoms with Gasteiger partial charge in [0.25, 0.3) is 0 Å². The van der Waals surface area contributed by atoms with Crippen LogP contribution in [0.4, 0.5) is 0 Å². The van der Waals surface area contributed by atoms with Gasteiger partial charge in [0.05, 0.1) is 0 Å². The van der Waals surface area contributed by atoms with Crippen LogP contribution in [0.3, 0.4) is 0 Å². The Morgan fingerprint density at radius 2 is 0.750 bits per heavy atom. The van der Waals surface area contributed by atoms with E-state index in [4.69, 9.17) is 0 Å². The van der Waals surface area contributed by atoms with Gasteiger partial charge >= 0.3 is 39.4 Å².